The maximum absolute atomic E-state index is 13.2. The molecule has 1 aliphatic rings. The first-order valence-corrected chi connectivity index (χ1v) is 8.77. The molecule has 0 radical (unpaired) electrons. The van der Waals surface area contributed by atoms with Crippen molar-refractivity contribution >= 4 is 16.9 Å². The van der Waals surface area contributed by atoms with Gasteiger partial charge in [-0.05, 0) is 43.9 Å². The fourth-order valence-corrected chi connectivity index (χ4v) is 3.51. The van der Waals surface area contributed by atoms with E-state index in [0.717, 1.165) is 5.56 Å². The van der Waals surface area contributed by atoms with Crippen molar-refractivity contribution < 1.29 is 14.3 Å². The zero-order valence-electron chi connectivity index (χ0n) is 15.2. The van der Waals surface area contributed by atoms with E-state index in [1.165, 1.54) is 0 Å². The van der Waals surface area contributed by atoms with E-state index in [9.17, 15) is 14.7 Å². The molecule has 4 rings (SSSR count). The number of amides is 1. The fourth-order valence-electron chi connectivity index (χ4n) is 3.51. The number of fused-ring (bicyclic) bond motifs is 2. The number of hydrogen-bond donors (Lipinski definition) is 1. The van der Waals surface area contributed by atoms with Crippen LogP contribution in [0.4, 0.5) is 0 Å². The van der Waals surface area contributed by atoms with Crippen LogP contribution in [-0.4, -0.2) is 48.0 Å². The number of phenols is 1. The van der Waals surface area contributed by atoms with Crippen molar-refractivity contribution in [2.75, 3.05) is 27.2 Å². The Labute approximate surface area is 156 Å². The molecule has 1 aliphatic heterocycles. The maximum Gasteiger partial charge on any atom is 0.290 e. The third-order valence-electron chi connectivity index (χ3n) is 4.87. The van der Waals surface area contributed by atoms with Crippen molar-refractivity contribution in [1.82, 2.24) is 9.80 Å². The highest BCUT2D eigenvalue weighted by Crippen LogP contribution is 2.38. The second-order valence-corrected chi connectivity index (χ2v) is 6.97. The molecular formula is C21H20N2O4. The summed E-state index contributed by atoms with van der Waals surface area (Å²) in [6.45, 7) is 1.11. The van der Waals surface area contributed by atoms with E-state index < -0.39 is 6.04 Å². The van der Waals surface area contributed by atoms with Crippen LogP contribution in [0.5, 0.6) is 5.75 Å². The average molecular weight is 364 g/mol. The molecule has 3 aromatic rings. The largest absolute Gasteiger partial charge is 0.508 e. The third kappa shape index (κ3) is 2.88. The Morgan fingerprint density at radius 3 is 2.48 bits per heavy atom. The van der Waals surface area contributed by atoms with E-state index in [0.29, 0.717) is 29.6 Å². The standard InChI is InChI=1S/C21H20N2O4/c1-22(2)11-12-23-18(13-7-9-14(24)10-8-13)17-19(25)15-5-3-4-6-16(15)27-20(17)21(23)26/h3-10,18,24H,11-12H2,1-2H3/t18-/m0/s1. The van der Waals surface area contributed by atoms with E-state index in [-0.39, 0.29) is 22.8 Å². The number of likely N-dealkylation sites (N-methyl/N-ethyl adjacent to an activating group) is 1. The summed E-state index contributed by atoms with van der Waals surface area (Å²) in [7, 11) is 3.86. The molecule has 1 N–H and O–H groups in total. The van der Waals surface area contributed by atoms with Crippen molar-refractivity contribution in [3.05, 3.63) is 75.6 Å². The molecule has 138 valence electrons. The van der Waals surface area contributed by atoms with Crippen LogP contribution in [0.1, 0.15) is 27.7 Å². The summed E-state index contributed by atoms with van der Waals surface area (Å²) in [6, 6.07) is 13.0. The summed E-state index contributed by atoms with van der Waals surface area (Å²) >= 11 is 0. The zero-order chi connectivity index (χ0) is 19.1. The van der Waals surface area contributed by atoms with E-state index >= 15 is 0 Å². The van der Waals surface area contributed by atoms with Gasteiger partial charge in [0.15, 0.2) is 5.43 Å². The molecule has 0 saturated heterocycles. The summed E-state index contributed by atoms with van der Waals surface area (Å²) in [4.78, 5) is 29.9. The molecule has 2 heterocycles. The molecule has 0 unspecified atom stereocenters. The van der Waals surface area contributed by atoms with Crippen LogP contribution >= 0.6 is 0 Å². The predicted octanol–water partition coefficient (Wildman–Crippen LogP) is 2.61. The molecular weight excluding hydrogens is 344 g/mol. The zero-order valence-corrected chi connectivity index (χ0v) is 15.2. The Hall–Kier alpha value is -3.12. The van der Waals surface area contributed by atoms with Gasteiger partial charge in [-0.3, -0.25) is 9.59 Å². The van der Waals surface area contributed by atoms with E-state index in [4.69, 9.17) is 4.42 Å². The topological polar surface area (TPSA) is 74.0 Å². The monoisotopic (exact) mass is 364 g/mol. The second-order valence-electron chi connectivity index (χ2n) is 6.97. The molecule has 0 fully saturated rings. The molecule has 0 aliphatic carbocycles. The minimum Gasteiger partial charge on any atom is -0.508 e. The van der Waals surface area contributed by atoms with Crippen LogP contribution < -0.4 is 5.43 Å². The van der Waals surface area contributed by atoms with Crippen LogP contribution in [0.25, 0.3) is 11.0 Å². The van der Waals surface area contributed by atoms with Crippen LogP contribution in [-0.2, 0) is 0 Å². The second kappa shape index (κ2) is 6.55. The molecule has 27 heavy (non-hydrogen) atoms. The van der Waals surface area contributed by atoms with Crippen LogP contribution in [0.2, 0.25) is 0 Å². The lowest BCUT2D eigenvalue weighted by Crippen LogP contribution is -2.35. The first-order chi connectivity index (χ1) is 13.0. The van der Waals surface area contributed by atoms with Crippen LogP contribution in [0.15, 0.2) is 57.7 Å². The normalized spacial score (nSPS) is 16.3. The summed E-state index contributed by atoms with van der Waals surface area (Å²) in [5.41, 5.74) is 1.35. The molecule has 1 atom stereocenters. The number of aromatic hydroxyl groups is 1. The van der Waals surface area contributed by atoms with Crippen molar-refractivity contribution in [2.45, 2.75) is 6.04 Å². The van der Waals surface area contributed by atoms with Gasteiger partial charge in [0, 0.05) is 13.1 Å². The average Bonchev–Trinajstić information content (AvgIpc) is 2.93. The molecule has 6 heteroatoms. The Morgan fingerprint density at radius 1 is 1.07 bits per heavy atom. The highest BCUT2D eigenvalue weighted by Gasteiger charge is 2.42. The minimum absolute atomic E-state index is 0.107. The lowest BCUT2D eigenvalue weighted by molar-refractivity contribution is 0.0716. The molecule has 1 amide bonds. The van der Waals surface area contributed by atoms with Crippen molar-refractivity contribution in [2.24, 2.45) is 0 Å². The van der Waals surface area contributed by atoms with Gasteiger partial charge in [-0.2, -0.15) is 0 Å². The quantitative estimate of drug-likeness (QED) is 0.770. The fraction of sp³-hybridized carbons (Fsp3) is 0.238. The number of carbonyl (C=O) groups excluding carboxylic acids is 1. The van der Waals surface area contributed by atoms with Gasteiger partial charge >= 0.3 is 0 Å². The molecule has 0 bridgehead atoms. The van der Waals surface area contributed by atoms with E-state index in [1.807, 2.05) is 19.0 Å². The van der Waals surface area contributed by atoms with Gasteiger partial charge in [-0.25, -0.2) is 0 Å². The Kier molecular flexibility index (Phi) is 4.20. The van der Waals surface area contributed by atoms with Crippen molar-refractivity contribution in [3.8, 4) is 5.75 Å². The number of hydrogen-bond acceptors (Lipinski definition) is 5. The van der Waals surface area contributed by atoms with Crippen molar-refractivity contribution in [1.29, 1.82) is 0 Å². The number of nitrogens with zero attached hydrogens (tertiary/aromatic N) is 2. The smallest absolute Gasteiger partial charge is 0.290 e. The first-order valence-electron chi connectivity index (χ1n) is 8.77. The van der Waals surface area contributed by atoms with Gasteiger partial charge in [0.2, 0.25) is 5.76 Å². The molecule has 2 aromatic carbocycles. The Bertz CT molecular complexity index is 1070. The summed E-state index contributed by atoms with van der Waals surface area (Å²) in [5, 5.41) is 10.1. The van der Waals surface area contributed by atoms with Gasteiger partial charge in [-0.1, -0.05) is 24.3 Å². The number of para-hydroxylation sites is 1. The molecule has 0 saturated carbocycles. The summed E-state index contributed by atoms with van der Waals surface area (Å²) in [6.07, 6.45) is 0. The van der Waals surface area contributed by atoms with Gasteiger partial charge in [-0.15, -0.1) is 0 Å². The highest BCUT2D eigenvalue weighted by atomic mass is 16.3. The lowest BCUT2D eigenvalue weighted by Gasteiger charge is -2.26. The molecule has 0 spiro atoms. The SMILES string of the molecule is CN(C)CCN1C(=O)c2oc3ccccc3c(=O)c2[C@@H]1c1ccc(O)cc1. The number of phenolic OH excluding ortho intramolecular Hbond substituents is 1. The van der Waals surface area contributed by atoms with Gasteiger partial charge in [0.05, 0.1) is 17.0 Å². The summed E-state index contributed by atoms with van der Waals surface area (Å²) in [5.74, 6) is -0.0445. The Balaban J connectivity index is 1.93. The Morgan fingerprint density at radius 2 is 1.78 bits per heavy atom. The molecule has 6 nitrogen and oxygen atoms in total. The number of rotatable bonds is 4. The maximum atomic E-state index is 13.2. The van der Waals surface area contributed by atoms with Crippen LogP contribution in [0.3, 0.4) is 0 Å². The van der Waals surface area contributed by atoms with Crippen molar-refractivity contribution in [3.63, 3.8) is 0 Å². The predicted molar refractivity (Wildman–Crippen MR) is 102 cm³/mol. The van der Waals surface area contributed by atoms with E-state index in [1.54, 1.807) is 53.4 Å². The first kappa shape index (κ1) is 17.3. The molecule has 1 aromatic heterocycles. The van der Waals surface area contributed by atoms with Crippen LogP contribution in [0, 0.1) is 0 Å². The van der Waals surface area contributed by atoms with E-state index in [2.05, 4.69) is 0 Å². The van der Waals surface area contributed by atoms with Gasteiger partial charge < -0.3 is 19.3 Å². The number of carbonyl (C=O) groups is 1. The van der Waals surface area contributed by atoms with Gasteiger partial charge in [0.25, 0.3) is 5.91 Å². The lowest BCUT2D eigenvalue weighted by atomic mass is 9.98. The minimum atomic E-state index is -0.533. The summed E-state index contributed by atoms with van der Waals surface area (Å²) < 4.78 is 5.86. The third-order valence-corrected chi connectivity index (χ3v) is 4.87. The number of benzene rings is 2. The van der Waals surface area contributed by atoms with Gasteiger partial charge in [0.1, 0.15) is 11.3 Å². The highest BCUT2D eigenvalue weighted by molar-refractivity contribution is 5.99.